The van der Waals surface area contributed by atoms with Gasteiger partial charge in [-0.15, -0.1) is 0 Å². The first-order chi connectivity index (χ1) is 8.20. The summed E-state index contributed by atoms with van der Waals surface area (Å²) in [6.07, 6.45) is 0. The maximum atomic E-state index is 9.00. The van der Waals surface area contributed by atoms with E-state index in [0.717, 1.165) is 16.9 Å². The highest BCUT2D eigenvalue weighted by atomic mass is 16.3. The zero-order chi connectivity index (χ0) is 12.3. The van der Waals surface area contributed by atoms with Gasteiger partial charge in [0.05, 0.1) is 6.61 Å². The Labute approximate surface area is 102 Å². The summed E-state index contributed by atoms with van der Waals surface area (Å²) in [6, 6.07) is 16.4. The van der Waals surface area contributed by atoms with E-state index in [1.165, 1.54) is 5.56 Å². The first kappa shape index (κ1) is 11.7. The van der Waals surface area contributed by atoms with Crippen molar-refractivity contribution < 1.29 is 5.11 Å². The molecule has 0 bridgehead atoms. The van der Waals surface area contributed by atoms with Crippen LogP contribution < -0.4 is 4.90 Å². The van der Waals surface area contributed by atoms with Crippen molar-refractivity contribution in [3.05, 3.63) is 59.7 Å². The Bertz CT molecular complexity index is 473. The molecule has 0 aliphatic rings. The van der Waals surface area contributed by atoms with Crippen LogP contribution in [0.15, 0.2) is 48.5 Å². The Morgan fingerprint density at radius 1 is 0.882 bits per heavy atom. The highest BCUT2D eigenvalue weighted by Gasteiger charge is 2.03. The van der Waals surface area contributed by atoms with Gasteiger partial charge in [0.25, 0.3) is 0 Å². The number of aliphatic hydroxyl groups is 1. The second-order valence-electron chi connectivity index (χ2n) is 4.22. The second-order valence-corrected chi connectivity index (χ2v) is 4.22. The highest BCUT2D eigenvalue weighted by molar-refractivity contribution is 5.62. The Kier molecular flexibility index (Phi) is 3.45. The second kappa shape index (κ2) is 5.02. The number of hydrogen-bond acceptors (Lipinski definition) is 2. The lowest BCUT2D eigenvalue weighted by atomic mass is 10.2. The third-order valence-corrected chi connectivity index (χ3v) is 2.93. The number of aliphatic hydroxyl groups excluding tert-OH is 1. The summed E-state index contributed by atoms with van der Waals surface area (Å²) >= 11 is 0. The fourth-order valence-corrected chi connectivity index (χ4v) is 1.74. The van der Waals surface area contributed by atoms with Gasteiger partial charge >= 0.3 is 0 Å². The summed E-state index contributed by atoms with van der Waals surface area (Å²) < 4.78 is 0. The molecule has 0 amide bonds. The van der Waals surface area contributed by atoms with E-state index < -0.39 is 0 Å². The van der Waals surface area contributed by atoms with Crippen molar-refractivity contribution in [2.45, 2.75) is 13.5 Å². The molecule has 17 heavy (non-hydrogen) atoms. The summed E-state index contributed by atoms with van der Waals surface area (Å²) in [7, 11) is 2.04. The van der Waals surface area contributed by atoms with E-state index in [4.69, 9.17) is 5.11 Å². The smallest absolute Gasteiger partial charge is 0.0681 e. The van der Waals surface area contributed by atoms with E-state index in [1.54, 1.807) is 0 Å². The lowest BCUT2D eigenvalue weighted by Gasteiger charge is -2.19. The molecular weight excluding hydrogens is 210 g/mol. The minimum Gasteiger partial charge on any atom is -0.392 e. The zero-order valence-electron chi connectivity index (χ0n) is 10.2. The molecule has 2 nitrogen and oxygen atoms in total. The minimum atomic E-state index is 0.0918. The van der Waals surface area contributed by atoms with Gasteiger partial charge in [0.15, 0.2) is 0 Å². The van der Waals surface area contributed by atoms with Gasteiger partial charge in [-0.3, -0.25) is 0 Å². The predicted molar refractivity (Wildman–Crippen MR) is 71.6 cm³/mol. The van der Waals surface area contributed by atoms with Gasteiger partial charge in [0.1, 0.15) is 0 Å². The number of rotatable bonds is 3. The van der Waals surface area contributed by atoms with Crippen LogP contribution in [0.3, 0.4) is 0 Å². The molecule has 0 heterocycles. The molecule has 2 heteroatoms. The van der Waals surface area contributed by atoms with Gasteiger partial charge in [-0.05, 0) is 36.8 Å². The van der Waals surface area contributed by atoms with Gasteiger partial charge in [0, 0.05) is 18.4 Å². The summed E-state index contributed by atoms with van der Waals surface area (Å²) in [4.78, 5) is 2.13. The van der Waals surface area contributed by atoms with Crippen LogP contribution in [0.2, 0.25) is 0 Å². The third kappa shape index (κ3) is 2.66. The zero-order valence-corrected chi connectivity index (χ0v) is 10.2. The fraction of sp³-hybridized carbons (Fsp3) is 0.200. The average Bonchev–Trinajstić information content (AvgIpc) is 2.39. The normalized spacial score (nSPS) is 10.3. The van der Waals surface area contributed by atoms with E-state index in [9.17, 15) is 0 Å². The molecule has 0 atom stereocenters. The van der Waals surface area contributed by atoms with Gasteiger partial charge in [-0.25, -0.2) is 0 Å². The van der Waals surface area contributed by atoms with Crippen LogP contribution in [-0.2, 0) is 6.61 Å². The third-order valence-electron chi connectivity index (χ3n) is 2.93. The molecule has 0 aliphatic carbocycles. The molecule has 2 aromatic rings. The topological polar surface area (TPSA) is 23.5 Å². The molecule has 0 spiro atoms. The van der Waals surface area contributed by atoms with Crippen molar-refractivity contribution in [1.29, 1.82) is 0 Å². The molecule has 0 fully saturated rings. The molecule has 2 aromatic carbocycles. The van der Waals surface area contributed by atoms with Crippen LogP contribution in [0.4, 0.5) is 11.4 Å². The van der Waals surface area contributed by atoms with Crippen LogP contribution in [0, 0.1) is 6.92 Å². The Morgan fingerprint density at radius 2 is 1.35 bits per heavy atom. The van der Waals surface area contributed by atoms with Crippen molar-refractivity contribution in [3.8, 4) is 0 Å². The number of nitrogens with zero attached hydrogens (tertiary/aromatic N) is 1. The molecule has 88 valence electrons. The largest absolute Gasteiger partial charge is 0.392 e. The van der Waals surface area contributed by atoms with Crippen molar-refractivity contribution in [2.24, 2.45) is 0 Å². The Hall–Kier alpha value is -1.80. The molecule has 0 radical (unpaired) electrons. The van der Waals surface area contributed by atoms with Crippen molar-refractivity contribution in [2.75, 3.05) is 11.9 Å². The van der Waals surface area contributed by atoms with Crippen LogP contribution in [0.25, 0.3) is 0 Å². The maximum Gasteiger partial charge on any atom is 0.0681 e. The van der Waals surface area contributed by atoms with Gasteiger partial charge in [0.2, 0.25) is 0 Å². The van der Waals surface area contributed by atoms with Crippen LogP contribution >= 0.6 is 0 Å². The molecular formula is C15H17NO. The predicted octanol–water partition coefficient (Wildman–Crippen LogP) is 3.26. The van der Waals surface area contributed by atoms with Crippen molar-refractivity contribution >= 4 is 11.4 Å². The standard InChI is InChI=1S/C15H17NO/c1-12-3-7-14(8-4-12)16(2)15-9-5-13(11-17)6-10-15/h3-10,17H,11H2,1-2H3. The molecule has 1 N–H and O–H groups in total. The van der Waals surface area contributed by atoms with Gasteiger partial charge in [-0.2, -0.15) is 0 Å². The summed E-state index contributed by atoms with van der Waals surface area (Å²) in [5.74, 6) is 0. The maximum absolute atomic E-state index is 9.00. The van der Waals surface area contributed by atoms with Gasteiger partial charge < -0.3 is 10.0 Å². The Balaban J connectivity index is 2.23. The van der Waals surface area contributed by atoms with Gasteiger partial charge in [-0.1, -0.05) is 29.8 Å². The SMILES string of the molecule is Cc1ccc(N(C)c2ccc(CO)cc2)cc1. The van der Waals surface area contributed by atoms with Crippen molar-refractivity contribution in [3.63, 3.8) is 0 Å². The summed E-state index contributed by atoms with van der Waals surface area (Å²) in [5.41, 5.74) is 4.47. The highest BCUT2D eigenvalue weighted by Crippen LogP contribution is 2.23. The van der Waals surface area contributed by atoms with E-state index >= 15 is 0 Å². The van der Waals surface area contributed by atoms with E-state index in [2.05, 4.69) is 36.1 Å². The monoisotopic (exact) mass is 227 g/mol. The van der Waals surface area contributed by atoms with Crippen LogP contribution in [0.5, 0.6) is 0 Å². The van der Waals surface area contributed by atoms with E-state index in [1.807, 2.05) is 31.3 Å². The molecule has 2 rings (SSSR count). The minimum absolute atomic E-state index is 0.0918. The molecule has 0 unspecified atom stereocenters. The number of benzene rings is 2. The van der Waals surface area contributed by atoms with Crippen LogP contribution in [-0.4, -0.2) is 12.2 Å². The molecule has 0 saturated heterocycles. The number of hydrogen-bond donors (Lipinski definition) is 1. The number of anilines is 2. The quantitative estimate of drug-likeness (QED) is 0.870. The first-order valence-corrected chi connectivity index (χ1v) is 5.71. The Morgan fingerprint density at radius 3 is 1.82 bits per heavy atom. The lowest BCUT2D eigenvalue weighted by Crippen LogP contribution is -2.09. The average molecular weight is 227 g/mol. The van der Waals surface area contributed by atoms with Crippen LogP contribution in [0.1, 0.15) is 11.1 Å². The van der Waals surface area contributed by atoms with E-state index in [0.29, 0.717) is 0 Å². The summed E-state index contributed by atoms with van der Waals surface area (Å²) in [6.45, 7) is 2.17. The first-order valence-electron chi connectivity index (χ1n) is 5.71. The summed E-state index contributed by atoms with van der Waals surface area (Å²) in [5, 5.41) is 9.00. The number of aryl methyl sites for hydroxylation is 1. The molecule has 0 aliphatic heterocycles. The lowest BCUT2D eigenvalue weighted by molar-refractivity contribution is 0.282. The molecule has 0 saturated carbocycles. The molecule has 0 aromatic heterocycles. The van der Waals surface area contributed by atoms with Crippen molar-refractivity contribution in [1.82, 2.24) is 0 Å². The fourth-order valence-electron chi connectivity index (χ4n) is 1.74. The van der Waals surface area contributed by atoms with E-state index in [-0.39, 0.29) is 6.61 Å².